The van der Waals surface area contributed by atoms with Gasteiger partial charge in [-0.2, -0.15) is 0 Å². The molecule has 0 bridgehead atoms. The van der Waals surface area contributed by atoms with E-state index in [1.807, 2.05) is 30.3 Å². The van der Waals surface area contributed by atoms with Gasteiger partial charge in [0.25, 0.3) is 0 Å². The SMILES string of the molecule is CN(C(=O)CSc1ccc(S(=O)(=O)N(C)C)cn1)c1ccccc1. The lowest BCUT2D eigenvalue weighted by Crippen LogP contribution is -2.27. The summed E-state index contributed by atoms with van der Waals surface area (Å²) in [6.07, 6.45) is 1.31. The second-order valence-electron chi connectivity index (χ2n) is 5.20. The van der Waals surface area contributed by atoms with Gasteiger partial charge in [0, 0.05) is 33.0 Å². The molecule has 0 unspecified atom stereocenters. The maximum absolute atomic E-state index is 12.2. The van der Waals surface area contributed by atoms with E-state index < -0.39 is 10.0 Å². The Morgan fingerprint density at radius 1 is 1.08 bits per heavy atom. The van der Waals surface area contributed by atoms with Crippen molar-refractivity contribution in [3.8, 4) is 0 Å². The number of para-hydroxylation sites is 1. The van der Waals surface area contributed by atoms with Gasteiger partial charge >= 0.3 is 0 Å². The summed E-state index contributed by atoms with van der Waals surface area (Å²) in [4.78, 5) is 18.0. The number of pyridine rings is 1. The fourth-order valence-corrected chi connectivity index (χ4v) is 3.45. The van der Waals surface area contributed by atoms with Crippen LogP contribution in [0.15, 0.2) is 58.6 Å². The second kappa shape index (κ2) is 7.78. The quantitative estimate of drug-likeness (QED) is 0.733. The predicted octanol–water partition coefficient (Wildman–Crippen LogP) is 2.09. The van der Waals surface area contributed by atoms with Gasteiger partial charge in [-0.05, 0) is 24.3 Å². The van der Waals surface area contributed by atoms with Gasteiger partial charge < -0.3 is 4.90 Å². The van der Waals surface area contributed by atoms with Crippen LogP contribution in [0.4, 0.5) is 5.69 Å². The van der Waals surface area contributed by atoms with Crippen LogP contribution in [-0.2, 0) is 14.8 Å². The molecular weight excluding hydrogens is 346 g/mol. The Bertz CT molecular complexity index is 791. The Hall–Kier alpha value is -1.90. The standard InChI is InChI=1S/C16H19N3O3S2/c1-18(2)24(21,22)14-9-10-15(17-11-14)23-12-16(20)19(3)13-7-5-4-6-8-13/h4-11H,12H2,1-3H3. The molecule has 6 nitrogen and oxygen atoms in total. The zero-order valence-electron chi connectivity index (χ0n) is 13.7. The molecule has 8 heteroatoms. The average molecular weight is 365 g/mol. The van der Waals surface area contributed by atoms with Crippen LogP contribution < -0.4 is 4.90 Å². The third-order valence-corrected chi connectivity index (χ3v) is 6.08. The number of aromatic nitrogens is 1. The number of thioether (sulfide) groups is 1. The summed E-state index contributed by atoms with van der Waals surface area (Å²) in [7, 11) is 1.17. The highest BCUT2D eigenvalue weighted by molar-refractivity contribution is 7.99. The van der Waals surface area contributed by atoms with E-state index in [9.17, 15) is 13.2 Å². The van der Waals surface area contributed by atoms with Crippen LogP contribution in [0.2, 0.25) is 0 Å². The second-order valence-corrected chi connectivity index (χ2v) is 8.34. The summed E-state index contributed by atoms with van der Waals surface area (Å²) in [6.45, 7) is 0. The molecule has 0 saturated heterocycles. The molecule has 0 aliphatic heterocycles. The molecule has 0 saturated carbocycles. The topological polar surface area (TPSA) is 70.6 Å². The van der Waals surface area contributed by atoms with Crippen LogP contribution in [0.5, 0.6) is 0 Å². The third kappa shape index (κ3) is 4.34. The van der Waals surface area contributed by atoms with Crippen LogP contribution >= 0.6 is 11.8 Å². The molecule has 0 spiro atoms. The predicted molar refractivity (Wildman–Crippen MR) is 95.7 cm³/mol. The molecule has 2 aromatic rings. The highest BCUT2D eigenvalue weighted by Crippen LogP contribution is 2.20. The van der Waals surface area contributed by atoms with Crippen LogP contribution in [0.25, 0.3) is 0 Å². The van der Waals surface area contributed by atoms with E-state index in [-0.39, 0.29) is 16.6 Å². The third-order valence-electron chi connectivity index (χ3n) is 3.35. The summed E-state index contributed by atoms with van der Waals surface area (Å²) in [5.41, 5.74) is 0.823. The molecule has 1 aromatic carbocycles. The number of anilines is 1. The molecule has 0 radical (unpaired) electrons. The van der Waals surface area contributed by atoms with Crippen LogP contribution in [0, 0.1) is 0 Å². The lowest BCUT2D eigenvalue weighted by molar-refractivity contribution is -0.115. The van der Waals surface area contributed by atoms with Gasteiger partial charge in [-0.3, -0.25) is 4.79 Å². The highest BCUT2D eigenvalue weighted by Gasteiger charge is 2.17. The van der Waals surface area contributed by atoms with Gasteiger partial charge in [-0.1, -0.05) is 30.0 Å². The first-order chi connectivity index (χ1) is 11.3. The largest absolute Gasteiger partial charge is 0.315 e. The molecule has 0 N–H and O–H groups in total. The van der Waals surface area contributed by atoms with Crippen LogP contribution in [-0.4, -0.2) is 50.5 Å². The first-order valence-corrected chi connectivity index (χ1v) is 9.58. The van der Waals surface area contributed by atoms with E-state index in [0.717, 1.165) is 9.99 Å². The summed E-state index contributed by atoms with van der Waals surface area (Å²) < 4.78 is 25.1. The number of carbonyl (C=O) groups is 1. The molecule has 1 aromatic heterocycles. The number of benzene rings is 1. The van der Waals surface area contributed by atoms with Gasteiger partial charge in [0.1, 0.15) is 4.90 Å². The average Bonchev–Trinajstić information content (AvgIpc) is 2.60. The van der Waals surface area contributed by atoms with Crippen molar-refractivity contribution in [1.82, 2.24) is 9.29 Å². The molecular formula is C16H19N3O3S2. The number of sulfonamides is 1. The first kappa shape index (κ1) is 18.4. The number of nitrogens with zero attached hydrogens (tertiary/aromatic N) is 3. The molecule has 128 valence electrons. The van der Waals surface area contributed by atoms with Crippen molar-refractivity contribution in [2.75, 3.05) is 31.8 Å². The summed E-state index contributed by atoms with van der Waals surface area (Å²) in [5.74, 6) is 0.163. The fourth-order valence-electron chi connectivity index (χ4n) is 1.84. The number of hydrogen-bond donors (Lipinski definition) is 0. The van der Waals surface area contributed by atoms with Crippen molar-refractivity contribution in [3.63, 3.8) is 0 Å². The maximum atomic E-state index is 12.2. The van der Waals surface area contributed by atoms with Crippen molar-refractivity contribution in [1.29, 1.82) is 0 Å². The van der Waals surface area contributed by atoms with Crippen molar-refractivity contribution in [2.45, 2.75) is 9.92 Å². The zero-order valence-corrected chi connectivity index (χ0v) is 15.3. The Kier molecular flexibility index (Phi) is 5.98. The first-order valence-electron chi connectivity index (χ1n) is 7.15. The van der Waals surface area contributed by atoms with Crippen LogP contribution in [0.3, 0.4) is 0 Å². The van der Waals surface area contributed by atoms with Crippen LogP contribution in [0.1, 0.15) is 0 Å². The number of hydrogen-bond acceptors (Lipinski definition) is 5. The summed E-state index contributed by atoms with van der Waals surface area (Å²) in [5, 5.41) is 0.600. The minimum Gasteiger partial charge on any atom is -0.315 e. The Balaban J connectivity index is 1.99. The fraction of sp³-hybridized carbons (Fsp3) is 0.250. The molecule has 2 rings (SSSR count). The van der Waals surface area contributed by atoms with E-state index in [4.69, 9.17) is 0 Å². The number of amides is 1. The summed E-state index contributed by atoms with van der Waals surface area (Å²) >= 11 is 1.27. The van der Waals surface area contributed by atoms with Gasteiger partial charge in [0.15, 0.2) is 0 Å². The smallest absolute Gasteiger partial charge is 0.244 e. The molecule has 24 heavy (non-hydrogen) atoms. The van der Waals surface area contributed by atoms with Crippen molar-refractivity contribution >= 4 is 33.4 Å². The Labute approximate surface area is 146 Å². The normalized spacial score (nSPS) is 11.5. The maximum Gasteiger partial charge on any atom is 0.244 e. The van der Waals surface area contributed by atoms with Gasteiger partial charge in [-0.25, -0.2) is 17.7 Å². The van der Waals surface area contributed by atoms with Crippen molar-refractivity contribution < 1.29 is 13.2 Å². The Morgan fingerprint density at radius 2 is 1.75 bits per heavy atom. The number of rotatable bonds is 6. The molecule has 1 amide bonds. The molecule has 0 atom stereocenters. The van der Waals surface area contributed by atoms with E-state index >= 15 is 0 Å². The van der Waals surface area contributed by atoms with Gasteiger partial charge in [0.05, 0.1) is 10.8 Å². The monoisotopic (exact) mass is 365 g/mol. The zero-order chi connectivity index (χ0) is 17.7. The van der Waals surface area contributed by atoms with Crippen molar-refractivity contribution in [3.05, 3.63) is 48.7 Å². The van der Waals surface area contributed by atoms with Crippen molar-refractivity contribution in [2.24, 2.45) is 0 Å². The summed E-state index contributed by atoms with van der Waals surface area (Å²) in [6, 6.07) is 12.5. The minimum atomic E-state index is -3.49. The van der Waals surface area contributed by atoms with E-state index in [1.165, 1.54) is 38.1 Å². The molecule has 0 aliphatic rings. The minimum absolute atomic E-state index is 0.0574. The number of carbonyl (C=O) groups excluding carboxylic acids is 1. The lowest BCUT2D eigenvalue weighted by Gasteiger charge is -2.16. The van der Waals surface area contributed by atoms with E-state index in [2.05, 4.69) is 4.98 Å². The van der Waals surface area contributed by atoms with E-state index in [0.29, 0.717) is 5.03 Å². The van der Waals surface area contributed by atoms with Gasteiger partial charge in [0.2, 0.25) is 15.9 Å². The molecule has 1 heterocycles. The van der Waals surface area contributed by atoms with E-state index in [1.54, 1.807) is 18.0 Å². The highest BCUT2D eigenvalue weighted by atomic mass is 32.2. The van der Waals surface area contributed by atoms with Gasteiger partial charge in [-0.15, -0.1) is 0 Å². The Morgan fingerprint density at radius 3 is 2.29 bits per heavy atom. The molecule has 0 fully saturated rings. The lowest BCUT2D eigenvalue weighted by atomic mass is 10.3. The molecule has 0 aliphatic carbocycles.